The summed E-state index contributed by atoms with van der Waals surface area (Å²) in [5.74, 6) is 0. The molecule has 0 radical (unpaired) electrons. The zero-order chi connectivity index (χ0) is 14.7. The Labute approximate surface area is 125 Å². The molecule has 0 aliphatic rings. The minimum Gasteiger partial charge on any atom is -0.310 e. The van der Waals surface area contributed by atoms with Crippen LogP contribution in [0.2, 0.25) is 0 Å². The van der Waals surface area contributed by atoms with E-state index in [-0.39, 0.29) is 0 Å². The number of hydrogen-bond acceptors (Lipinski definition) is 2. The highest BCUT2D eigenvalue weighted by Gasteiger charge is 2.04. The second-order valence-electron chi connectivity index (χ2n) is 5.64. The van der Waals surface area contributed by atoms with Gasteiger partial charge in [0.25, 0.3) is 0 Å². The lowest BCUT2D eigenvalue weighted by molar-refractivity contribution is 0.589. The number of rotatable bonds is 4. The van der Waals surface area contributed by atoms with Crippen LogP contribution in [0.3, 0.4) is 0 Å². The highest BCUT2D eigenvalue weighted by molar-refractivity contribution is 5.96. The molecule has 1 heterocycles. The van der Waals surface area contributed by atoms with Gasteiger partial charge in [0.15, 0.2) is 0 Å². The summed E-state index contributed by atoms with van der Waals surface area (Å²) in [6, 6.07) is 17.7. The predicted octanol–water partition coefficient (Wildman–Crippen LogP) is 4.40. The van der Waals surface area contributed by atoms with Crippen LogP contribution in [-0.4, -0.2) is 11.0 Å². The molecule has 0 bridgehead atoms. The second-order valence-corrected chi connectivity index (χ2v) is 5.64. The van der Waals surface area contributed by atoms with Crippen molar-refractivity contribution in [2.75, 3.05) is 0 Å². The summed E-state index contributed by atoms with van der Waals surface area (Å²) in [6.45, 7) is 5.24. The number of fused-ring (bicyclic) bond motifs is 1. The largest absolute Gasteiger partial charge is 0.310 e. The SMILES string of the molecule is CC(C)NCc1cccc(-c2cccc3cnccc23)c1. The topological polar surface area (TPSA) is 24.9 Å². The standard InChI is InChI=1S/C19H20N2/c1-14(2)21-12-15-5-3-6-16(11-15)18-8-4-7-17-13-20-10-9-19(17)18/h3-11,13-14,21H,12H2,1-2H3. The maximum Gasteiger partial charge on any atom is 0.0346 e. The van der Waals surface area contributed by atoms with Crippen LogP contribution >= 0.6 is 0 Å². The van der Waals surface area contributed by atoms with E-state index in [9.17, 15) is 0 Å². The third-order valence-corrected chi connectivity index (χ3v) is 3.63. The average molecular weight is 276 g/mol. The van der Waals surface area contributed by atoms with Gasteiger partial charge in [-0.25, -0.2) is 0 Å². The van der Waals surface area contributed by atoms with Crippen molar-refractivity contribution in [1.82, 2.24) is 10.3 Å². The van der Waals surface area contributed by atoms with Crippen molar-refractivity contribution in [3.63, 3.8) is 0 Å². The van der Waals surface area contributed by atoms with Crippen LogP contribution in [0.1, 0.15) is 19.4 Å². The maximum atomic E-state index is 4.20. The van der Waals surface area contributed by atoms with Gasteiger partial charge in [0.2, 0.25) is 0 Å². The second kappa shape index (κ2) is 6.06. The summed E-state index contributed by atoms with van der Waals surface area (Å²) < 4.78 is 0. The number of nitrogens with one attached hydrogen (secondary N) is 1. The lowest BCUT2D eigenvalue weighted by Crippen LogP contribution is -2.21. The molecule has 0 amide bonds. The molecule has 3 aromatic rings. The molecule has 0 aliphatic carbocycles. The third kappa shape index (κ3) is 3.11. The summed E-state index contributed by atoms with van der Waals surface area (Å²) in [5, 5.41) is 5.90. The van der Waals surface area contributed by atoms with Crippen molar-refractivity contribution >= 4 is 10.8 Å². The van der Waals surface area contributed by atoms with Crippen LogP contribution in [0, 0.1) is 0 Å². The fourth-order valence-corrected chi connectivity index (χ4v) is 2.55. The Kier molecular flexibility index (Phi) is 3.98. The van der Waals surface area contributed by atoms with Crippen LogP contribution in [0.5, 0.6) is 0 Å². The van der Waals surface area contributed by atoms with Gasteiger partial charge in [0, 0.05) is 30.4 Å². The summed E-state index contributed by atoms with van der Waals surface area (Å²) in [5.41, 5.74) is 3.84. The molecule has 0 spiro atoms. The van der Waals surface area contributed by atoms with Crippen LogP contribution in [0.15, 0.2) is 60.9 Å². The van der Waals surface area contributed by atoms with Crippen molar-refractivity contribution in [2.45, 2.75) is 26.4 Å². The minimum absolute atomic E-state index is 0.497. The molecular weight excluding hydrogens is 256 g/mol. The molecule has 21 heavy (non-hydrogen) atoms. The molecule has 2 nitrogen and oxygen atoms in total. The van der Waals surface area contributed by atoms with Crippen LogP contribution in [0.4, 0.5) is 0 Å². The molecular formula is C19H20N2. The van der Waals surface area contributed by atoms with E-state index in [0.717, 1.165) is 6.54 Å². The molecule has 1 aromatic heterocycles. The van der Waals surface area contributed by atoms with Gasteiger partial charge in [-0.1, -0.05) is 50.2 Å². The van der Waals surface area contributed by atoms with Gasteiger partial charge in [-0.2, -0.15) is 0 Å². The van der Waals surface area contributed by atoms with Crippen molar-refractivity contribution in [2.24, 2.45) is 0 Å². The summed E-state index contributed by atoms with van der Waals surface area (Å²) >= 11 is 0. The van der Waals surface area contributed by atoms with E-state index in [1.165, 1.54) is 27.5 Å². The van der Waals surface area contributed by atoms with Gasteiger partial charge in [0.05, 0.1) is 0 Å². The van der Waals surface area contributed by atoms with Crippen molar-refractivity contribution in [3.8, 4) is 11.1 Å². The van der Waals surface area contributed by atoms with E-state index in [4.69, 9.17) is 0 Å². The van der Waals surface area contributed by atoms with E-state index >= 15 is 0 Å². The van der Waals surface area contributed by atoms with Gasteiger partial charge in [-0.3, -0.25) is 4.98 Å². The maximum absolute atomic E-state index is 4.20. The molecule has 2 aromatic carbocycles. The predicted molar refractivity (Wildman–Crippen MR) is 89.2 cm³/mol. The Hall–Kier alpha value is -2.19. The lowest BCUT2D eigenvalue weighted by atomic mass is 9.98. The molecule has 0 atom stereocenters. The Morgan fingerprint density at radius 2 is 1.90 bits per heavy atom. The monoisotopic (exact) mass is 276 g/mol. The summed E-state index contributed by atoms with van der Waals surface area (Å²) in [6.07, 6.45) is 3.78. The zero-order valence-corrected chi connectivity index (χ0v) is 12.5. The first-order valence-electron chi connectivity index (χ1n) is 7.39. The van der Waals surface area contributed by atoms with E-state index in [1.54, 1.807) is 0 Å². The average Bonchev–Trinajstić information content (AvgIpc) is 2.52. The van der Waals surface area contributed by atoms with Crippen molar-refractivity contribution in [3.05, 3.63) is 66.5 Å². The van der Waals surface area contributed by atoms with E-state index < -0.39 is 0 Å². The molecule has 3 rings (SSSR count). The van der Waals surface area contributed by atoms with Gasteiger partial charge in [0.1, 0.15) is 0 Å². The van der Waals surface area contributed by atoms with Crippen LogP contribution < -0.4 is 5.32 Å². The normalized spacial score (nSPS) is 11.2. The summed E-state index contributed by atoms with van der Waals surface area (Å²) in [4.78, 5) is 4.20. The Morgan fingerprint density at radius 3 is 2.76 bits per heavy atom. The molecule has 2 heteroatoms. The molecule has 0 unspecified atom stereocenters. The first kappa shape index (κ1) is 13.8. The van der Waals surface area contributed by atoms with Crippen LogP contribution in [-0.2, 0) is 6.54 Å². The third-order valence-electron chi connectivity index (χ3n) is 3.63. The van der Waals surface area contributed by atoms with Crippen molar-refractivity contribution < 1.29 is 0 Å². The zero-order valence-electron chi connectivity index (χ0n) is 12.5. The van der Waals surface area contributed by atoms with E-state index in [1.807, 2.05) is 12.4 Å². The van der Waals surface area contributed by atoms with E-state index in [2.05, 4.69) is 72.7 Å². The molecule has 1 N–H and O–H groups in total. The lowest BCUT2D eigenvalue weighted by Gasteiger charge is -2.11. The molecule has 106 valence electrons. The number of pyridine rings is 1. The number of aromatic nitrogens is 1. The van der Waals surface area contributed by atoms with Gasteiger partial charge >= 0.3 is 0 Å². The van der Waals surface area contributed by atoms with Gasteiger partial charge in [-0.15, -0.1) is 0 Å². The number of hydrogen-bond donors (Lipinski definition) is 1. The first-order chi connectivity index (χ1) is 10.2. The fourth-order valence-electron chi connectivity index (χ4n) is 2.55. The highest BCUT2D eigenvalue weighted by atomic mass is 14.9. The smallest absolute Gasteiger partial charge is 0.0346 e. The number of nitrogens with zero attached hydrogens (tertiary/aromatic N) is 1. The molecule has 0 fully saturated rings. The van der Waals surface area contributed by atoms with Gasteiger partial charge in [-0.05, 0) is 34.2 Å². The molecule has 0 saturated heterocycles. The van der Waals surface area contributed by atoms with Crippen molar-refractivity contribution in [1.29, 1.82) is 0 Å². The number of benzene rings is 2. The highest BCUT2D eigenvalue weighted by Crippen LogP contribution is 2.28. The Morgan fingerprint density at radius 1 is 1.05 bits per heavy atom. The van der Waals surface area contributed by atoms with Crippen LogP contribution in [0.25, 0.3) is 21.9 Å². The van der Waals surface area contributed by atoms with Gasteiger partial charge < -0.3 is 5.32 Å². The Balaban J connectivity index is 2.01. The Bertz CT molecular complexity index is 742. The fraction of sp³-hybridized carbons (Fsp3) is 0.211. The molecule has 0 aliphatic heterocycles. The quantitative estimate of drug-likeness (QED) is 0.764. The first-order valence-corrected chi connectivity index (χ1v) is 7.39. The minimum atomic E-state index is 0.497. The summed E-state index contributed by atoms with van der Waals surface area (Å²) in [7, 11) is 0. The molecule has 0 saturated carbocycles. The van der Waals surface area contributed by atoms with E-state index in [0.29, 0.717) is 6.04 Å².